The topological polar surface area (TPSA) is 75.6 Å². The first kappa shape index (κ1) is 6.78. The van der Waals surface area contributed by atoms with Crippen LogP contribution < -0.4 is 5.73 Å². The van der Waals surface area contributed by atoms with Crippen LogP contribution in [0.4, 0.5) is 5.69 Å². The first-order valence-electron chi connectivity index (χ1n) is 2.42. The van der Waals surface area contributed by atoms with Crippen molar-refractivity contribution in [2.75, 3.05) is 5.73 Å². The summed E-state index contributed by atoms with van der Waals surface area (Å²) in [5.74, 6) is 0. The van der Waals surface area contributed by atoms with Gasteiger partial charge < -0.3 is 5.73 Å². The summed E-state index contributed by atoms with van der Waals surface area (Å²) in [6.07, 6.45) is 1.27. The molecule has 0 bridgehead atoms. The molecule has 1 aromatic rings. The van der Waals surface area contributed by atoms with Gasteiger partial charge in [-0.15, -0.1) is 5.10 Å². The summed E-state index contributed by atoms with van der Waals surface area (Å²) in [6, 6.07) is 1.82. The van der Waals surface area contributed by atoms with Gasteiger partial charge in [-0.2, -0.15) is 10.4 Å². The summed E-state index contributed by atoms with van der Waals surface area (Å²) in [4.78, 5) is 0. The second-order valence-corrected chi connectivity index (χ2v) is 1.93. The first-order chi connectivity index (χ1) is 4.75. The highest BCUT2D eigenvalue weighted by Gasteiger charge is 2.02. The zero-order chi connectivity index (χ0) is 7.56. The maximum Gasteiger partial charge on any atom is 0.175 e. The Morgan fingerprint density at radius 2 is 2.40 bits per heavy atom. The molecule has 50 valence electrons. The van der Waals surface area contributed by atoms with Crippen LogP contribution in [0.5, 0.6) is 0 Å². The Bertz CT molecular complexity index is 290. The van der Waals surface area contributed by atoms with Crippen LogP contribution in [-0.4, -0.2) is 10.2 Å². The van der Waals surface area contributed by atoms with Gasteiger partial charge in [0.25, 0.3) is 0 Å². The van der Waals surface area contributed by atoms with Crippen molar-refractivity contribution >= 4 is 17.3 Å². The Morgan fingerprint density at radius 1 is 1.70 bits per heavy atom. The maximum atomic E-state index is 8.39. The molecule has 1 aromatic heterocycles. The molecule has 0 unspecified atom stereocenters. The zero-order valence-corrected chi connectivity index (χ0v) is 5.63. The lowest BCUT2D eigenvalue weighted by atomic mass is 10.3. The maximum absolute atomic E-state index is 8.39. The van der Waals surface area contributed by atoms with E-state index < -0.39 is 0 Å². The largest absolute Gasteiger partial charge is 0.395 e. The number of nitrogen functional groups attached to an aromatic ring is 1. The molecule has 0 atom stereocenters. The lowest BCUT2D eigenvalue weighted by Crippen LogP contribution is -1.95. The number of hydrogen-bond donors (Lipinski definition) is 1. The highest BCUT2D eigenvalue weighted by atomic mass is 35.5. The third-order valence-corrected chi connectivity index (χ3v) is 1.24. The fourth-order valence-electron chi connectivity index (χ4n) is 0.461. The third kappa shape index (κ3) is 0.993. The van der Waals surface area contributed by atoms with E-state index in [2.05, 4.69) is 10.2 Å². The summed E-state index contributed by atoms with van der Waals surface area (Å²) in [5.41, 5.74) is 5.77. The van der Waals surface area contributed by atoms with Gasteiger partial charge in [-0.3, -0.25) is 0 Å². The van der Waals surface area contributed by atoms with Crippen molar-refractivity contribution in [1.29, 1.82) is 5.26 Å². The number of aromatic nitrogens is 2. The summed E-state index contributed by atoms with van der Waals surface area (Å²) >= 11 is 5.44. The Morgan fingerprint density at radius 3 is 2.90 bits per heavy atom. The number of anilines is 1. The average Bonchev–Trinajstić information content (AvgIpc) is 1.95. The van der Waals surface area contributed by atoms with Crippen LogP contribution in [0.3, 0.4) is 0 Å². The number of rotatable bonds is 0. The Balaban J connectivity index is 3.31. The van der Waals surface area contributed by atoms with E-state index in [1.54, 1.807) is 0 Å². The lowest BCUT2D eigenvalue weighted by molar-refractivity contribution is 1.03. The number of hydrogen-bond acceptors (Lipinski definition) is 4. The number of nitriles is 1. The highest BCUT2D eigenvalue weighted by molar-refractivity contribution is 6.31. The zero-order valence-electron chi connectivity index (χ0n) is 4.87. The number of nitrogens with zero attached hydrogens (tertiary/aromatic N) is 3. The van der Waals surface area contributed by atoms with Crippen molar-refractivity contribution in [3.8, 4) is 6.07 Å². The molecule has 2 N–H and O–H groups in total. The molecule has 10 heavy (non-hydrogen) atoms. The third-order valence-electron chi connectivity index (χ3n) is 0.965. The van der Waals surface area contributed by atoms with Gasteiger partial charge in [0.1, 0.15) is 6.07 Å². The van der Waals surface area contributed by atoms with Crippen LogP contribution in [0, 0.1) is 11.3 Å². The minimum Gasteiger partial charge on any atom is -0.395 e. The van der Waals surface area contributed by atoms with E-state index in [1.807, 2.05) is 6.07 Å². The quantitative estimate of drug-likeness (QED) is 0.593. The molecule has 0 aromatic carbocycles. The molecule has 5 heteroatoms. The van der Waals surface area contributed by atoms with Gasteiger partial charge in [0.2, 0.25) is 0 Å². The van der Waals surface area contributed by atoms with Crippen molar-refractivity contribution in [2.45, 2.75) is 0 Å². The minimum absolute atomic E-state index is 0.0686. The summed E-state index contributed by atoms with van der Waals surface area (Å²) in [5, 5.41) is 15.3. The van der Waals surface area contributed by atoms with E-state index in [4.69, 9.17) is 22.6 Å². The molecule has 1 heterocycles. The predicted molar refractivity (Wildman–Crippen MR) is 36.2 cm³/mol. The normalized spacial score (nSPS) is 8.80. The Labute approximate surface area is 62.2 Å². The summed E-state index contributed by atoms with van der Waals surface area (Å²) in [6.45, 7) is 0. The fraction of sp³-hybridized carbons (Fsp3) is 0. The SMILES string of the molecule is N#Cc1cnnc(Cl)c1N. The van der Waals surface area contributed by atoms with Crippen molar-refractivity contribution in [2.24, 2.45) is 0 Å². The molecule has 0 radical (unpaired) electrons. The molecule has 0 amide bonds. The monoisotopic (exact) mass is 154 g/mol. The van der Waals surface area contributed by atoms with Crippen LogP contribution in [0.1, 0.15) is 5.56 Å². The molecule has 0 saturated carbocycles. The predicted octanol–water partition coefficient (Wildman–Crippen LogP) is 0.584. The second-order valence-electron chi connectivity index (χ2n) is 1.57. The van der Waals surface area contributed by atoms with Crippen molar-refractivity contribution < 1.29 is 0 Å². The smallest absolute Gasteiger partial charge is 0.175 e. The van der Waals surface area contributed by atoms with Crippen LogP contribution in [0.15, 0.2) is 6.20 Å². The molecule has 4 nitrogen and oxygen atoms in total. The van der Waals surface area contributed by atoms with Gasteiger partial charge in [0.05, 0.1) is 17.4 Å². The van der Waals surface area contributed by atoms with Gasteiger partial charge in [-0.25, -0.2) is 0 Å². The van der Waals surface area contributed by atoms with E-state index >= 15 is 0 Å². The van der Waals surface area contributed by atoms with E-state index in [0.717, 1.165) is 0 Å². The standard InChI is InChI=1S/C5H3ClN4/c6-5-4(8)3(1-7)2-9-10-5/h2H,(H2,8,9). The molecule has 0 aliphatic carbocycles. The van der Waals surface area contributed by atoms with Crippen molar-refractivity contribution in [3.05, 3.63) is 16.9 Å². The second kappa shape index (κ2) is 2.50. The molecule has 0 fully saturated rings. The summed E-state index contributed by atoms with van der Waals surface area (Å²) in [7, 11) is 0. The fourth-order valence-corrected chi connectivity index (χ4v) is 0.606. The molecular formula is C5H3ClN4. The van der Waals surface area contributed by atoms with Crippen LogP contribution >= 0.6 is 11.6 Å². The Hall–Kier alpha value is -1.34. The van der Waals surface area contributed by atoms with Crippen LogP contribution in [0.25, 0.3) is 0 Å². The first-order valence-corrected chi connectivity index (χ1v) is 2.80. The number of nitrogens with two attached hydrogens (primary N) is 1. The minimum atomic E-state index is 0.0686. The van der Waals surface area contributed by atoms with Gasteiger partial charge in [0, 0.05) is 0 Å². The molecule has 1 rings (SSSR count). The molecule has 0 aliphatic heterocycles. The Kier molecular flexibility index (Phi) is 1.69. The van der Waals surface area contributed by atoms with E-state index in [1.165, 1.54) is 6.20 Å². The van der Waals surface area contributed by atoms with E-state index in [0.29, 0.717) is 0 Å². The lowest BCUT2D eigenvalue weighted by Gasteiger charge is -1.94. The van der Waals surface area contributed by atoms with Gasteiger partial charge >= 0.3 is 0 Å². The molecule has 0 spiro atoms. The average molecular weight is 155 g/mol. The summed E-state index contributed by atoms with van der Waals surface area (Å²) < 4.78 is 0. The van der Waals surface area contributed by atoms with Gasteiger partial charge in [-0.05, 0) is 0 Å². The van der Waals surface area contributed by atoms with Crippen molar-refractivity contribution in [1.82, 2.24) is 10.2 Å². The van der Waals surface area contributed by atoms with E-state index in [-0.39, 0.29) is 16.4 Å². The van der Waals surface area contributed by atoms with Crippen LogP contribution in [0.2, 0.25) is 5.15 Å². The van der Waals surface area contributed by atoms with E-state index in [9.17, 15) is 0 Å². The molecular weight excluding hydrogens is 152 g/mol. The number of halogens is 1. The van der Waals surface area contributed by atoms with Gasteiger partial charge in [-0.1, -0.05) is 11.6 Å². The van der Waals surface area contributed by atoms with Crippen molar-refractivity contribution in [3.63, 3.8) is 0 Å². The van der Waals surface area contributed by atoms with Crippen LogP contribution in [-0.2, 0) is 0 Å². The van der Waals surface area contributed by atoms with Gasteiger partial charge in [0.15, 0.2) is 5.15 Å². The molecule has 0 aliphatic rings. The highest BCUT2D eigenvalue weighted by Crippen LogP contribution is 2.16. The molecule has 0 saturated heterocycles.